The van der Waals surface area contributed by atoms with Crippen molar-refractivity contribution in [2.45, 2.75) is 19.6 Å². The van der Waals surface area contributed by atoms with Crippen molar-refractivity contribution in [2.75, 3.05) is 13.7 Å². The molecule has 0 amide bonds. The van der Waals surface area contributed by atoms with Crippen LogP contribution in [0.5, 0.6) is 0 Å². The van der Waals surface area contributed by atoms with Crippen LogP contribution in [0.25, 0.3) is 0 Å². The summed E-state index contributed by atoms with van der Waals surface area (Å²) in [6.07, 6.45) is 3.48. The van der Waals surface area contributed by atoms with Crippen molar-refractivity contribution in [1.29, 1.82) is 0 Å². The van der Waals surface area contributed by atoms with Gasteiger partial charge in [0.1, 0.15) is 0 Å². The lowest BCUT2D eigenvalue weighted by Gasteiger charge is -2.09. The van der Waals surface area contributed by atoms with E-state index in [1.807, 2.05) is 13.1 Å². The molecule has 1 aromatic heterocycles. The molecule has 0 aliphatic heterocycles. The highest BCUT2D eigenvalue weighted by atomic mass is 16.5. The molecule has 1 aromatic rings. The summed E-state index contributed by atoms with van der Waals surface area (Å²) < 4.78 is 6.76. The van der Waals surface area contributed by atoms with Gasteiger partial charge in [-0.1, -0.05) is 0 Å². The van der Waals surface area contributed by atoms with E-state index in [9.17, 15) is 0 Å². The number of aliphatic hydroxyl groups is 1. The molecule has 1 unspecified atom stereocenters. The molecule has 1 heterocycles. The molecule has 0 aromatic carbocycles. The second kappa shape index (κ2) is 4.23. The summed E-state index contributed by atoms with van der Waals surface area (Å²) in [5.74, 6) is 0. The van der Waals surface area contributed by atoms with Crippen molar-refractivity contribution in [3.8, 4) is 0 Å². The summed E-state index contributed by atoms with van der Waals surface area (Å²) in [4.78, 5) is 0. The number of methoxy groups -OCH3 is 1. The molecule has 1 atom stereocenters. The molecule has 68 valence electrons. The minimum absolute atomic E-state index is 0.0414. The van der Waals surface area contributed by atoms with Crippen molar-refractivity contribution in [1.82, 2.24) is 9.78 Å². The molecule has 0 aliphatic rings. The molecule has 4 heteroatoms. The molecular formula is C8H14N2O2. The number of aromatic nitrogens is 2. The average molecular weight is 170 g/mol. The van der Waals surface area contributed by atoms with E-state index >= 15 is 0 Å². The van der Waals surface area contributed by atoms with E-state index in [-0.39, 0.29) is 12.6 Å². The highest BCUT2D eigenvalue weighted by Gasteiger charge is 2.04. The van der Waals surface area contributed by atoms with E-state index in [1.165, 1.54) is 0 Å². The van der Waals surface area contributed by atoms with E-state index in [0.29, 0.717) is 6.61 Å². The van der Waals surface area contributed by atoms with Gasteiger partial charge in [0.25, 0.3) is 0 Å². The molecule has 1 N–H and O–H groups in total. The Kier molecular flexibility index (Phi) is 3.25. The number of rotatable bonds is 4. The molecule has 0 radical (unpaired) electrons. The van der Waals surface area contributed by atoms with Gasteiger partial charge in [0.15, 0.2) is 0 Å². The standard InChI is InChI=1S/C8H14N2O2/c1-7(6-12-2)10-4-8(5-11)3-9-10/h3-4,7,11H,5-6H2,1-2H3. The molecule has 0 saturated heterocycles. The zero-order chi connectivity index (χ0) is 8.97. The molecule has 0 fully saturated rings. The Bertz CT molecular complexity index is 235. The molecule has 12 heavy (non-hydrogen) atoms. The Morgan fingerprint density at radius 1 is 1.75 bits per heavy atom. The Morgan fingerprint density at radius 2 is 2.50 bits per heavy atom. The maximum Gasteiger partial charge on any atom is 0.0724 e. The summed E-state index contributed by atoms with van der Waals surface area (Å²) in [7, 11) is 1.66. The highest BCUT2D eigenvalue weighted by Crippen LogP contribution is 2.06. The van der Waals surface area contributed by atoms with Crippen LogP contribution in [0, 0.1) is 0 Å². The monoisotopic (exact) mass is 170 g/mol. The van der Waals surface area contributed by atoms with Gasteiger partial charge >= 0.3 is 0 Å². The average Bonchev–Trinajstić information content (AvgIpc) is 2.52. The molecule has 0 saturated carbocycles. The topological polar surface area (TPSA) is 47.3 Å². The second-order valence-corrected chi connectivity index (χ2v) is 2.79. The molecule has 0 bridgehead atoms. The largest absolute Gasteiger partial charge is 0.392 e. The quantitative estimate of drug-likeness (QED) is 0.719. The van der Waals surface area contributed by atoms with Gasteiger partial charge < -0.3 is 9.84 Å². The first-order valence-corrected chi connectivity index (χ1v) is 3.90. The molecular weight excluding hydrogens is 156 g/mol. The van der Waals surface area contributed by atoms with Crippen LogP contribution < -0.4 is 0 Å². The minimum Gasteiger partial charge on any atom is -0.392 e. The smallest absolute Gasteiger partial charge is 0.0724 e. The van der Waals surface area contributed by atoms with Gasteiger partial charge in [-0.25, -0.2) is 0 Å². The SMILES string of the molecule is COCC(C)n1cc(CO)cn1. The third-order valence-corrected chi connectivity index (χ3v) is 1.70. The Balaban J connectivity index is 2.61. The van der Waals surface area contributed by atoms with Crippen LogP contribution in [0.1, 0.15) is 18.5 Å². The van der Waals surface area contributed by atoms with Crippen LogP contribution in [-0.2, 0) is 11.3 Å². The lowest BCUT2D eigenvalue weighted by Crippen LogP contribution is -2.11. The fourth-order valence-corrected chi connectivity index (χ4v) is 1.02. The van der Waals surface area contributed by atoms with Gasteiger partial charge in [-0.15, -0.1) is 0 Å². The Hall–Kier alpha value is -0.870. The summed E-state index contributed by atoms with van der Waals surface area (Å²) in [5, 5.41) is 12.9. The summed E-state index contributed by atoms with van der Waals surface area (Å²) in [6.45, 7) is 2.68. The van der Waals surface area contributed by atoms with E-state index in [0.717, 1.165) is 5.56 Å². The van der Waals surface area contributed by atoms with Crippen LogP contribution in [0.3, 0.4) is 0 Å². The Labute approximate surface area is 71.8 Å². The fourth-order valence-electron chi connectivity index (χ4n) is 1.02. The number of ether oxygens (including phenoxy) is 1. The lowest BCUT2D eigenvalue weighted by molar-refractivity contribution is 0.157. The van der Waals surface area contributed by atoms with E-state index in [2.05, 4.69) is 5.10 Å². The van der Waals surface area contributed by atoms with E-state index in [1.54, 1.807) is 18.0 Å². The van der Waals surface area contributed by atoms with Gasteiger partial charge in [0.05, 0.1) is 25.5 Å². The van der Waals surface area contributed by atoms with Gasteiger partial charge in [0, 0.05) is 18.9 Å². The van der Waals surface area contributed by atoms with E-state index < -0.39 is 0 Å². The van der Waals surface area contributed by atoms with Crippen LogP contribution in [0.15, 0.2) is 12.4 Å². The van der Waals surface area contributed by atoms with Crippen molar-refractivity contribution in [3.63, 3.8) is 0 Å². The number of hydrogen-bond donors (Lipinski definition) is 1. The first-order valence-electron chi connectivity index (χ1n) is 3.90. The van der Waals surface area contributed by atoms with Gasteiger partial charge in [0.2, 0.25) is 0 Å². The minimum atomic E-state index is 0.0414. The second-order valence-electron chi connectivity index (χ2n) is 2.79. The lowest BCUT2D eigenvalue weighted by atomic mass is 10.3. The summed E-state index contributed by atoms with van der Waals surface area (Å²) in [5.41, 5.74) is 0.831. The summed E-state index contributed by atoms with van der Waals surface area (Å²) >= 11 is 0. The number of aliphatic hydroxyl groups excluding tert-OH is 1. The van der Waals surface area contributed by atoms with Crippen molar-refractivity contribution in [2.24, 2.45) is 0 Å². The van der Waals surface area contributed by atoms with Crippen molar-refractivity contribution in [3.05, 3.63) is 18.0 Å². The van der Waals surface area contributed by atoms with Gasteiger partial charge in [-0.2, -0.15) is 5.10 Å². The third kappa shape index (κ3) is 2.06. The zero-order valence-electron chi connectivity index (χ0n) is 7.40. The van der Waals surface area contributed by atoms with Crippen molar-refractivity contribution >= 4 is 0 Å². The molecule has 4 nitrogen and oxygen atoms in total. The predicted molar refractivity (Wildman–Crippen MR) is 44.7 cm³/mol. The third-order valence-electron chi connectivity index (χ3n) is 1.70. The number of hydrogen-bond acceptors (Lipinski definition) is 3. The van der Waals surface area contributed by atoms with Crippen LogP contribution >= 0.6 is 0 Å². The normalized spacial score (nSPS) is 13.2. The van der Waals surface area contributed by atoms with Crippen molar-refractivity contribution < 1.29 is 9.84 Å². The summed E-state index contributed by atoms with van der Waals surface area (Å²) in [6, 6.07) is 0.218. The predicted octanol–water partition coefficient (Wildman–Crippen LogP) is 0.583. The fraction of sp³-hybridized carbons (Fsp3) is 0.625. The molecule has 0 aliphatic carbocycles. The first kappa shape index (κ1) is 9.22. The molecule has 0 spiro atoms. The Morgan fingerprint density at radius 3 is 3.00 bits per heavy atom. The zero-order valence-corrected chi connectivity index (χ0v) is 7.40. The van der Waals surface area contributed by atoms with Gasteiger partial charge in [-0.3, -0.25) is 4.68 Å². The maximum absolute atomic E-state index is 8.78. The molecule has 1 rings (SSSR count). The maximum atomic E-state index is 8.78. The van der Waals surface area contributed by atoms with E-state index in [4.69, 9.17) is 9.84 Å². The highest BCUT2D eigenvalue weighted by molar-refractivity contribution is 5.02. The first-order chi connectivity index (χ1) is 5.77. The van der Waals surface area contributed by atoms with Crippen LogP contribution in [-0.4, -0.2) is 28.6 Å². The van der Waals surface area contributed by atoms with Crippen LogP contribution in [0.4, 0.5) is 0 Å². The van der Waals surface area contributed by atoms with Gasteiger partial charge in [-0.05, 0) is 6.92 Å². The number of nitrogens with zero attached hydrogens (tertiary/aromatic N) is 2. The van der Waals surface area contributed by atoms with Crippen LogP contribution in [0.2, 0.25) is 0 Å².